The van der Waals surface area contributed by atoms with Crippen LogP contribution in [0.25, 0.3) is 0 Å². The topological polar surface area (TPSA) is 561 Å². The molecular formula is C88H113N3O39S3. The molecule has 0 aromatic carbocycles. The summed E-state index contributed by atoms with van der Waals surface area (Å²) < 4.78 is 174. The summed E-state index contributed by atoms with van der Waals surface area (Å²) in [6, 6.07) is -0.806. The Balaban J connectivity index is 0.000000136. The molecule has 30 unspecified atom stereocenters. The smallest absolute Gasteiger partial charge is 0.333 e. The van der Waals surface area contributed by atoms with Crippen LogP contribution in [0.4, 0.5) is 0 Å². The van der Waals surface area contributed by atoms with Crippen LogP contribution in [-0.2, 0) is 187 Å². The van der Waals surface area contributed by atoms with E-state index in [0.29, 0.717) is 99.3 Å². The van der Waals surface area contributed by atoms with Gasteiger partial charge in [0.15, 0.2) is 36.6 Å². The van der Waals surface area contributed by atoms with E-state index in [0.717, 1.165) is 31.4 Å². The highest BCUT2D eigenvalue weighted by Crippen LogP contribution is 2.57. The van der Waals surface area contributed by atoms with Crippen molar-refractivity contribution >= 4 is 120 Å². The minimum Gasteiger partial charge on any atom is -0.463 e. The van der Waals surface area contributed by atoms with Gasteiger partial charge in [-0.25, -0.2) is 68.2 Å². The molecule has 45 heteroatoms. The number of hydrogen-bond acceptors (Lipinski definition) is 39. The number of esters is 15. The van der Waals surface area contributed by atoms with Gasteiger partial charge in [0.05, 0.1) is 110 Å². The predicted molar refractivity (Wildman–Crippen MR) is 448 cm³/mol. The summed E-state index contributed by atoms with van der Waals surface area (Å²) in [5.74, 6) is -6.09. The Morgan fingerprint density at radius 1 is 0.323 bits per heavy atom. The first-order valence-electron chi connectivity index (χ1n) is 44.7. The Labute approximate surface area is 767 Å². The van der Waals surface area contributed by atoms with Gasteiger partial charge in [0.1, 0.15) is 36.6 Å². The van der Waals surface area contributed by atoms with Gasteiger partial charge in [-0.3, -0.25) is 43.2 Å². The molecule has 0 spiro atoms. The number of rotatable bonds is 36. The Kier molecular flexibility index (Phi) is 32.2. The number of fused-ring (bicyclic) bond motifs is 6. The number of nitrogens with one attached hydrogen (secondary N) is 3. The van der Waals surface area contributed by atoms with Crippen LogP contribution in [0.2, 0.25) is 0 Å². The zero-order valence-corrected chi connectivity index (χ0v) is 76.4. The fourth-order valence-electron chi connectivity index (χ4n) is 21.0. The van der Waals surface area contributed by atoms with Crippen LogP contribution in [0.1, 0.15) is 163 Å². The highest BCUT2D eigenvalue weighted by atomic mass is 32.2. The number of carbonyl (C=O) groups is 15. The predicted octanol–water partition coefficient (Wildman–Crippen LogP) is 2.27. The van der Waals surface area contributed by atoms with Gasteiger partial charge in [0.25, 0.3) is 0 Å². The third kappa shape index (κ3) is 22.9. The molecule has 0 amide bonds. The zero-order valence-electron chi connectivity index (χ0n) is 74.0. The van der Waals surface area contributed by atoms with E-state index < -0.39 is 120 Å². The van der Waals surface area contributed by atoms with E-state index in [9.17, 15) is 97.2 Å². The van der Waals surface area contributed by atoms with Crippen molar-refractivity contribution in [2.75, 3.05) is 39.6 Å². The van der Waals surface area contributed by atoms with Crippen molar-refractivity contribution < 1.29 is 182 Å². The first-order chi connectivity index (χ1) is 63.0. The maximum atomic E-state index is 11.9. The van der Waals surface area contributed by atoms with Crippen LogP contribution in [-0.4, -0.2) is 280 Å². The molecule has 6 aliphatic carbocycles. The Morgan fingerprint density at radius 3 is 0.759 bits per heavy atom. The van der Waals surface area contributed by atoms with Crippen molar-refractivity contribution in [1.82, 2.24) is 14.2 Å². The summed E-state index contributed by atoms with van der Waals surface area (Å²) in [5.41, 5.74) is 1.27. The van der Waals surface area contributed by atoms with Gasteiger partial charge < -0.3 is 85.3 Å². The van der Waals surface area contributed by atoms with Gasteiger partial charge in [-0.2, -0.15) is 0 Å². The van der Waals surface area contributed by atoms with Gasteiger partial charge in [-0.15, -0.1) is 0 Å². The maximum absolute atomic E-state index is 11.9. The van der Waals surface area contributed by atoms with Gasteiger partial charge in [-0.1, -0.05) is 39.5 Å². The van der Waals surface area contributed by atoms with E-state index in [-0.39, 0.29) is 256 Å². The molecule has 18 rings (SSSR count). The third-order valence-electron chi connectivity index (χ3n) is 27.0. The molecule has 133 heavy (non-hydrogen) atoms. The van der Waals surface area contributed by atoms with E-state index in [1.165, 1.54) is 0 Å². The monoisotopic (exact) mass is 1930 g/mol. The molecule has 12 aliphatic heterocycles. The van der Waals surface area contributed by atoms with Crippen molar-refractivity contribution in [1.29, 1.82) is 0 Å². The molecule has 0 radical (unpaired) electrons. The van der Waals surface area contributed by atoms with Crippen molar-refractivity contribution in [2.24, 2.45) is 53.3 Å². The SMILES string of the molecule is C=C(C)C(=O)OCCCC(=O)OC1C2CC3C(=O)OC1C3O2.C=C(C)C(=O)OCCCC(=O)OC1C2CC3C(=O)OC1C3O2.C=C(C)C(=O)OCCCC(=O)OC1C2CC3C1NS(=O)(=O)C3C2.C=C(C)C(=O)OCCCC(=O)OC1C2CC3C1NS(=O)(=O)C3C2.C=CC(=O)OCCCC(=O)OC1C2CC3C(=O)OC1C3O2.C=CC(=O)OCCCC(=O)OC1C2CC3C1NS(=O)(=O)C3C2. The van der Waals surface area contributed by atoms with Crippen LogP contribution in [0.5, 0.6) is 0 Å². The van der Waals surface area contributed by atoms with E-state index in [1.807, 2.05) is 0 Å². The first-order valence-corrected chi connectivity index (χ1v) is 49.4. The third-order valence-corrected chi connectivity index (χ3v) is 32.8. The molecule has 12 saturated heterocycles. The molecule has 732 valence electrons. The molecule has 0 aromatic heterocycles. The number of carbonyl (C=O) groups excluding carboxylic acids is 15. The molecule has 6 saturated carbocycles. The van der Waals surface area contributed by atoms with Crippen molar-refractivity contribution in [3.8, 4) is 0 Å². The van der Waals surface area contributed by atoms with Crippen molar-refractivity contribution in [3.63, 3.8) is 0 Å². The highest BCUT2D eigenvalue weighted by Gasteiger charge is 2.70. The number of hydrogen-bond donors (Lipinski definition) is 3. The lowest BCUT2D eigenvalue weighted by molar-refractivity contribution is -0.161. The van der Waals surface area contributed by atoms with Crippen LogP contribution in [0, 0.1) is 53.3 Å². The largest absolute Gasteiger partial charge is 0.463 e. The summed E-state index contributed by atoms with van der Waals surface area (Å²) in [6.45, 7) is 27.5. The Morgan fingerprint density at radius 2 is 0.541 bits per heavy atom. The van der Waals surface area contributed by atoms with E-state index in [4.69, 9.17) is 85.3 Å². The second-order valence-electron chi connectivity index (χ2n) is 36.3. The molecular weight excluding hydrogens is 1820 g/mol. The minimum absolute atomic E-state index is 0.0688. The maximum Gasteiger partial charge on any atom is 0.333 e. The molecule has 3 N–H and O–H groups in total. The summed E-state index contributed by atoms with van der Waals surface area (Å²) in [7, 11) is -9.73. The molecule has 12 bridgehead atoms. The Hall–Kier alpha value is -9.90. The Bertz CT molecular complexity index is 4790. The van der Waals surface area contributed by atoms with Crippen LogP contribution >= 0.6 is 0 Å². The summed E-state index contributed by atoms with van der Waals surface area (Å²) >= 11 is 0. The normalized spacial score (nSPS) is 35.5. The average Bonchev–Trinajstić information content (AvgIpc) is 1.57. The van der Waals surface area contributed by atoms with Crippen LogP contribution < -0.4 is 14.2 Å². The molecule has 18 aliphatic rings. The van der Waals surface area contributed by atoms with Gasteiger partial charge in [0, 0.05) is 73.0 Å². The van der Waals surface area contributed by atoms with Crippen molar-refractivity contribution in [3.05, 3.63) is 73.9 Å². The summed E-state index contributed by atoms with van der Waals surface area (Å²) in [5, 5.41) is -0.932. The molecule has 30 atom stereocenters. The standard InChI is InChI=1S/2C15H21NO6S.2C15H18O7.C14H19NO6S.C14H16O7/c2*1-8(2)15(18)21-5-3-4-12(17)22-14-9-6-10-11(7-9)23(19,20)16-13(10)14;2*1-7(2)14(17)19-5-3-4-10(16)21-12-9-6-8-11(20-9)13(12)22-15(8)18;1-2-11(16)20-5-3-4-12(17)21-14-8-6-9-10(7-8)22(18,19)15-13(9)14;1-2-9(15)18-5-3-4-10(16)20-12-8-6-7-11(19-8)13(12)21-14(7)17/h2*9-11,13-14,16H,1,3-7H2,2H3;2*8-9,11-13H,1,3-6H2,2H3;2,8-10,13-15H,1,3-7H2;2,7-8,11-13H,1,3-6H2. The van der Waals surface area contributed by atoms with Crippen molar-refractivity contribution in [2.45, 2.75) is 288 Å². The summed E-state index contributed by atoms with van der Waals surface area (Å²) in [4.78, 5) is 172. The zero-order chi connectivity index (χ0) is 96.1. The summed E-state index contributed by atoms with van der Waals surface area (Å²) in [6.07, 6.45) is 5.32. The quantitative estimate of drug-likeness (QED) is 0.0350. The van der Waals surface area contributed by atoms with E-state index in [1.54, 1.807) is 27.7 Å². The van der Waals surface area contributed by atoms with Crippen LogP contribution in [0.15, 0.2) is 73.9 Å². The van der Waals surface area contributed by atoms with Gasteiger partial charge >= 0.3 is 89.5 Å². The second kappa shape index (κ2) is 42.6. The van der Waals surface area contributed by atoms with Gasteiger partial charge in [-0.05, 0) is 160 Å². The molecule has 0 aromatic rings. The molecule has 18 fully saturated rings. The number of sulfonamides is 3. The lowest BCUT2D eigenvalue weighted by Crippen LogP contribution is -2.41. The first kappa shape index (κ1) is 101. The second-order valence-corrected chi connectivity index (χ2v) is 42.1. The van der Waals surface area contributed by atoms with E-state index in [2.05, 4.69) is 53.6 Å². The molecule has 42 nitrogen and oxygen atoms in total. The highest BCUT2D eigenvalue weighted by molar-refractivity contribution is 7.91. The lowest BCUT2D eigenvalue weighted by atomic mass is 9.88. The molecule has 12 heterocycles. The van der Waals surface area contributed by atoms with Crippen LogP contribution in [0.3, 0.4) is 0 Å². The van der Waals surface area contributed by atoms with Gasteiger partial charge in [0.2, 0.25) is 30.1 Å². The number of ether oxygens (including phenoxy) is 18. The lowest BCUT2D eigenvalue weighted by Gasteiger charge is -2.26. The fourth-order valence-corrected chi connectivity index (χ4v) is 27.3. The fraction of sp³-hybridized carbons (Fsp3) is 0.693. The average molecular weight is 1930 g/mol. The van der Waals surface area contributed by atoms with E-state index >= 15 is 0 Å². The minimum atomic E-state index is -3.25.